The lowest BCUT2D eigenvalue weighted by Gasteiger charge is -2.20. The third-order valence-electron chi connectivity index (χ3n) is 5.97. The fourth-order valence-electron chi connectivity index (χ4n) is 4.19. The number of aromatic nitrogens is 3. The first-order valence-electron chi connectivity index (χ1n) is 11.6. The van der Waals surface area contributed by atoms with Crippen molar-refractivity contribution in [2.75, 3.05) is 11.4 Å². The maximum Gasteiger partial charge on any atom is 0.260 e. The van der Waals surface area contributed by atoms with Gasteiger partial charge in [0.25, 0.3) is 5.91 Å². The van der Waals surface area contributed by atoms with Crippen LogP contribution in [0.1, 0.15) is 32.9 Å². The number of amides is 1. The zero-order valence-electron chi connectivity index (χ0n) is 19.9. The van der Waals surface area contributed by atoms with E-state index in [2.05, 4.69) is 22.2 Å². The Morgan fingerprint density at radius 1 is 0.972 bits per heavy atom. The minimum absolute atomic E-state index is 0.0542. The highest BCUT2D eigenvalue weighted by molar-refractivity contribution is 7.22. The molecule has 0 saturated carbocycles. The second-order valence-electron chi connectivity index (χ2n) is 8.70. The lowest BCUT2D eigenvalue weighted by molar-refractivity contribution is 0.0985. The van der Waals surface area contributed by atoms with Gasteiger partial charge in [-0.1, -0.05) is 53.8 Å². The summed E-state index contributed by atoms with van der Waals surface area (Å²) in [6, 6.07) is 21.6. The SMILES string of the molecule is Cc1cc(C)n(CCN(C(=O)c2ccc(Cc3ccccc3)cc2)c2nc3c(F)cc(F)cc3s2)n1. The fraction of sp³-hybridized carbons (Fsp3) is 0.179. The molecule has 0 N–H and O–H groups in total. The van der Waals surface area contributed by atoms with Crippen molar-refractivity contribution in [3.8, 4) is 0 Å². The summed E-state index contributed by atoms with van der Waals surface area (Å²) in [5.74, 6) is -1.68. The molecule has 5 nitrogen and oxygen atoms in total. The first kappa shape index (κ1) is 23.8. The quantitative estimate of drug-likeness (QED) is 0.262. The maximum atomic E-state index is 14.4. The lowest BCUT2D eigenvalue weighted by Crippen LogP contribution is -2.34. The zero-order valence-corrected chi connectivity index (χ0v) is 20.7. The van der Waals surface area contributed by atoms with Gasteiger partial charge >= 0.3 is 0 Å². The number of halogens is 2. The molecule has 0 aliphatic heterocycles. The summed E-state index contributed by atoms with van der Waals surface area (Å²) in [6.07, 6.45) is 0.764. The van der Waals surface area contributed by atoms with Crippen LogP contribution in [0.5, 0.6) is 0 Å². The van der Waals surface area contributed by atoms with Crippen LogP contribution >= 0.6 is 11.3 Å². The van der Waals surface area contributed by atoms with Crippen LogP contribution in [-0.4, -0.2) is 27.2 Å². The van der Waals surface area contributed by atoms with E-state index in [-0.39, 0.29) is 18.0 Å². The van der Waals surface area contributed by atoms with Crippen molar-refractivity contribution in [3.63, 3.8) is 0 Å². The first-order chi connectivity index (χ1) is 17.4. The minimum Gasteiger partial charge on any atom is -0.282 e. The molecule has 182 valence electrons. The number of fused-ring (bicyclic) bond motifs is 1. The van der Waals surface area contributed by atoms with E-state index in [1.807, 2.05) is 54.9 Å². The van der Waals surface area contributed by atoms with E-state index in [0.29, 0.717) is 21.9 Å². The number of carbonyl (C=O) groups is 1. The number of carbonyl (C=O) groups excluding carboxylic acids is 1. The van der Waals surface area contributed by atoms with Crippen molar-refractivity contribution in [1.29, 1.82) is 0 Å². The van der Waals surface area contributed by atoms with Gasteiger partial charge in [-0.15, -0.1) is 0 Å². The van der Waals surface area contributed by atoms with Crippen LogP contribution in [-0.2, 0) is 13.0 Å². The summed E-state index contributed by atoms with van der Waals surface area (Å²) in [7, 11) is 0. The molecule has 0 radical (unpaired) electrons. The zero-order chi connectivity index (χ0) is 25.2. The molecular formula is C28H24F2N4OS. The summed E-state index contributed by atoms with van der Waals surface area (Å²) in [6.45, 7) is 4.57. The Labute approximate surface area is 211 Å². The van der Waals surface area contributed by atoms with Gasteiger partial charge in [-0.25, -0.2) is 13.8 Å². The Bertz CT molecular complexity index is 1530. The Morgan fingerprint density at radius 2 is 1.69 bits per heavy atom. The van der Waals surface area contributed by atoms with Gasteiger partial charge in [0.15, 0.2) is 10.9 Å². The van der Waals surface area contributed by atoms with E-state index in [4.69, 9.17) is 0 Å². The molecule has 5 aromatic rings. The van der Waals surface area contributed by atoms with Crippen LogP contribution in [0.3, 0.4) is 0 Å². The molecule has 2 heterocycles. The number of hydrogen-bond donors (Lipinski definition) is 0. The highest BCUT2D eigenvalue weighted by atomic mass is 32.1. The molecule has 2 aromatic heterocycles. The Kier molecular flexibility index (Phi) is 6.61. The molecule has 1 amide bonds. The summed E-state index contributed by atoms with van der Waals surface area (Å²) in [4.78, 5) is 19.5. The number of aryl methyl sites for hydroxylation is 2. The number of thiazole rings is 1. The van der Waals surface area contributed by atoms with Gasteiger partial charge in [-0.3, -0.25) is 14.4 Å². The molecule has 3 aromatic carbocycles. The molecule has 0 spiro atoms. The standard InChI is InChI=1S/C28H24F2N4OS/c1-18-14-19(2)34(32-18)13-12-33(28-31-26-24(30)16-23(29)17-25(26)36-28)27(35)22-10-8-21(9-11-22)15-20-6-4-3-5-7-20/h3-11,14,16-17H,12-13,15H2,1-2H3. The molecule has 0 aliphatic rings. The largest absolute Gasteiger partial charge is 0.282 e. The number of anilines is 1. The molecule has 0 unspecified atom stereocenters. The molecule has 0 aliphatic carbocycles. The molecular weight excluding hydrogens is 478 g/mol. The normalized spacial score (nSPS) is 11.2. The Hall–Kier alpha value is -3.91. The third kappa shape index (κ3) is 5.04. The third-order valence-corrected chi connectivity index (χ3v) is 6.99. The summed E-state index contributed by atoms with van der Waals surface area (Å²) in [5.41, 5.74) is 4.68. The smallest absolute Gasteiger partial charge is 0.260 e. The van der Waals surface area contributed by atoms with Gasteiger partial charge in [0.2, 0.25) is 0 Å². The van der Waals surface area contributed by atoms with Crippen LogP contribution < -0.4 is 4.90 Å². The number of rotatable bonds is 7. The second kappa shape index (κ2) is 9.99. The topological polar surface area (TPSA) is 51.0 Å². The number of hydrogen-bond acceptors (Lipinski definition) is 4. The van der Waals surface area contributed by atoms with E-state index in [0.717, 1.165) is 40.8 Å². The van der Waals surface area contributed by atoms with E-state index >= 15 is 0 Å². The van der Waals surface area contributed by atoms with Crippen LogP contribution in [0.15, 0.2) is 72.8 Å². The van der Waals surface area contributed by atoms with Crippen molar-refractivity contribution in [3.05, 3.63) is 113 Å². The van der Waals surface area contributed by atoms with Gasteiger partial charge in [-0.2, -0.15) is 5.10 Å². The van der Waals surface area contributed by atoms with Crippen molar-refractivity contribution in [2.45, 2.75) is 26.8 Å². The summed E-state index contributed by atoms with van der Waals surface area (Å²) >= 11 is 1.09. The van der Waals surface area contributed by atoms with Crippen molar-refractivity contribution in [2.24, 2.45) is 0 Å². The predicted molar refractivity (Wildman–Crippen MR) is 139 cm³/mol. The highest BCUT2D eigenvalue weighted by Crippen LogP contribution is 2.32. The second-order valence-corrected chi connectivity index (χ2v) is 9.71. The maximum absolute atomic E-state index is 14.4. The van der Waals surface area contributed by atoms with Crippen molar-refractivity contribution < 1.29 is 13.6 Å². The first-order valence-corrected chi connectivity index (χ1v) is 12.4. The summed E-state index contributed by atoms with van der Waals surface area (Å²) in [5, 5.41) is 4.79. The van der Waals surface area contributed by atoms with E-state index in [9.17, 15) is 13.6 Å². The van der Waals surface area contributed by atoms with Crippen LogP contribution in [0.2, 0.25) is 0 Å². The monoisotopic (exact) mass is 502 g/mol. The van der Waals surface area contributed by atoms with Crippen molar-refractivity contribution in [1.82, 2.24) is 14.8 Å². The number of nitrogens with zero attached hydrogens (tertiary/aromatic N) is 4. The average molecular weight is 503 g/mol. The molecule has 0 fully saturated rings. The van der Waals surface area contributed by atoms with Crippen molar-refractivity contribution >= 4 is 32.6 Å². The molecule has 0 atom stereocenters. The molecule has 36 heavy (non-hydrogen) atoms. The van der Waals surface area contributed by atoms with Crippen LogP contribution in [0.25, 0.3) is 10.2 Å². The van der Waals surface area contributed by atoms with E-state index < -0.39 is 11.6 Å². The lowest BCUT2D eigenvalue weighted by atomic mass is 10.0. The van der Waals surface area contributed by atoms with Crippen LogP contribution in [0, 0.1) is 25.5 Å². The molecule has 0 bridgehead atoms. The number of benzene rings is 3. The van der Waals surface area contributed by atoms with E-state index in [1.165, 1.54) is 16.5 Å². The molecule has 0 saturated heterocycles. The van der Waals surface area contributed by atoms with Gasteiger partial charge in [0.1, 0.15) is 11.3 Å². The summed E-state index contributed by atoms with van der Waals surface area (Å²) < 4.78 is 30.3. The molecule has 8 heteroatoms. The van der Waals surface area contributed by atoms with Gasteiger partial charge in [0.05, 0.1) is 16.9 Å². The van der Waals surface area contributed by atoms with Gasteiger partial charge in [0, 0.05) is 23.9 Å². The van der Waals surface area contributed by atoms with Gasteiger partial charge in [-0.05, 0) is 55.7 Å². The minimum atomic E-state index is -0.747. The molecule has 5 rings (SSSR count). The van der Waals surface area contributed by atoms with Gasteiger partial charge < -0.3 is 0 Å². The predicted octanol–water partition coefficient (Wildman–Crippen LogP) is 6.33. The fourth-order valence-corrected chi connectivity index (χ4v) is 5.22. The average Bonchev–Trinajstić information content (AvgIpc) is 3.42. The Balaban J connectivity index is 1.45. The Morgan fingerprint density at radius 3 is 2.39 bits per heavy atom. The van der Waals surface area contributed by atoms with Crippen LogP contribution in [0.4, 0.5) is 13.9 Å². The van der Waals surface area contributed by atoms with E-state index in [1.54, 1.807) is 12.1 Å². The highest BCUT2D eigenvalue weighted by Gasteiger charge is 2.23.